The van der Waals surface area contributed by atoms with Crippen LogP contribution in [0, 0.1) is 0 Å². The Morgan fingerprint density at radius 1 is 1.15 bits per heavy atom. The van der Waals surface area contributed by atoms with Gasteiger partial charge in [0.15, 0.2) is 0 Å². The summed E-state index contributed by atoms with van der Waals surface area (Å²) in [6.45, 7) is 4.62. The van der Waals surface area contributed by atoms with Crippen molar-refractivity contribution in [2.24, 2.45) is 0 Å². The molecule has 1 N–H and O–H groups in total. The van der Waals surface area contributed by atoms with E-state index in [2.05, 4.69) is 40.4 Å². The zero-order valence-corrected chi connectivity index (χ0v) is 12.4. The fourth-order valence-electron chi connectivity index (χ4n) is 4.34. The fourth-order valence-corrected chi connectivity index (χ4v) is 4.34. The van der Waals surface area contributed by atoms with Gasteiger partial charge in [0.1, 0.15) is 0 Å². The van der Waals surface area contributed by atoms with Crippen LogP contribution in [0.3, 0.4) is 0 Å². The molecule has 2 bridgehead atoms. The summed E-state index contributed by atoms with van der Waals surface area (Å²) in [6, 6.07) is 8.48. The van der Waals surface area contributed by atoms with Gasteiger partial charge in [0, 0.05) is 37.4 Å². The van der Waals surface area contributed by atoms with E-state index in [1.165, 1.54) is 50.0 Å². The van der Waals surface area contributed by atoms with Crippen LogP contribution in [0.1, 0.15) is 30.4 Å². The maximum atomic E-state index is 3.49. The van der Waals surface area contributed by atoms with Crippen LogP contribution in [-0.4, -0.2) is 43.7 Å². The molecule has 2 unspecified atom stereocenters. The lowest BCUT2D eigenvalue weighted by molar-refractivity contribution is 0.254. The molecule has 0 aromatic heterocycles. The first-order valence-corrected chi connectivity index (χ1v) is 8.11. The fraction of sp³-hybridized carbons (Fsp3) is 0.647. The first-order chi connectivity index (χ1) is 9.83. The summed E-state index contributed by atoms with van der Waals surface area (Å²) < 4.78 is 0. The molecular weight excluding hydrogens is 246 g/mol. The molecule has 3 heteroatoms. The number of hydrogen-bond acceptors (Lipinski definition) is 3. The molecule has 2 saturated heterocycles. The molecule has 3 aliphatic heterocycles. The molecule has 0 saturated carbocycles. The van der Waals surface area contributed by atoms with Crippen molar-refractivity contribution in [1.82, 2.24) is 10.2 Å². The summed E-state index contributed by atoms with van der Waals surface area (Å²) in [7, 11) is 2.33. The van der Waals surface area contributed by atoms with Crippen molar-refractivity contribution in [3.8, 4) is 0 Å². The van der Waals surface area contributed by atoms with Crippen LogP contribution in [0.15, 0.2) is 18.2 Å². The van der Waals surface area contributed by atoms with Crippen molar-refractivity contribution < 1.29 is 0 Å². The molecule has 3 nitrogen and oxygen atoms in total. The normalized spacial score (nSPS) is 30.1. The largest absolute Gasteiger partial charge is 0.370 e. The number of fused-ring (bicyclic) bond motifs is 3. The quantitative estimate of drug-likeness (QED) is 0.843. The monoisotopic (exact) mass is 271 g/mol. The molecule has 0 aliphatic carbocycles. The Kier molecular flexibility index (Phi) is 3.20. The number of hydrogen-bond donors (Lipinski definition) is 1. The van der Waals surface area contributed by atoms with Crippen molar-refractivity contribution in [2.75, 3.05) is 31.6 Å². The number of nitrogens with zero attached hydrogens (tertiary/aromatic N) is 2. The van der Waals surface area contributed by atoms with Crippen molar-refractivity contribution in [2.45, 2.75) is 44.3 Å². The topological polar surface area (TPSA) is 18.5 Å². The second-order valence-electron chi connectivity index (χ2n) is 6.63. The van der Waals surface area contributed by atoms with Gasteiger partial charge < -0.3 is 10.2 Å². The predicted molar refractivity (Wildman–Crippen MR) is 83.3 cm³/mol. The minimum Gasteiger partial charge on any atom is -0.370 e. The maximum Gasteiger partial charge on any atom is 0.0403 e. The number of nitrogens with one attached hydrogen (secondary N) is 1. The third-order valence-electron chi connectivity index (χ3n) is 5.60. The lowest BCUT2D eigenvalue weighted by Gasteiger charge is -2.31. The lowest BCUT2D eigenvalue weighted by atomic mass is 9.97. The van der Waals surface area contributed by atoms with E-state index in [0.717, 1.165) is 25.2 Å². The van der Waals surface area contributed by atoms with Gasteiger partial charge >= 0.3 is 0 Å². The van der Waals surface area contributed by atoms with E-state index in [1.807, 2.05) is 0 Å². The van der Waals surface area contributed by atoms with Crippen LogP contribution in [0.5, 0.6) is 0 Å². The summed E-state index contributed by atoms with van der Waals surface area (Å²) in [4.78, 5) is 5.31. The molecular formula is C17H25N3. The standard InChI is InChI=1S/C17H25N3/c1-19-14-5-6-15(19)12-20(10-8-14)17-4-2-3-13-11-18-9-7-16(13)17/h2-4,14-15,18H,5-12H2,1H3. The van der Waals surface area contributed by atoms with Crippen molar-refractivity contribution >= 4 is 5.69 Å². The number of likely N-dealkylation sites (N-methyl/N-ethyl adjacent to an activating group) is 1. The summed E-state index contributed by atoms with van der Waals surface area (Å²) >= 11 is 0. The lowest BCUT2D eigenvalue weighted by Crippen LogP contribution is -2.37. The Morgan fingerprint density at radius 3 is 3.00 bits per heavy atom. The highest BCUT2D eigenvalue weighted by atomic mass is 15.3. The molecule has 1 aromatic carbocycles. The highest BCUT2D eigenvalue weighted by Crippen LogP contribution is 2.33. The van der Waals surface area contributed by atoms with Gasteiger partial charge in [0.05, 0.1) is 0 Å². The van der Waals surface area contributed by atoms with Crippen molar-refractivity contribution in [3.05, 3.63) is 29.3 Å². The second-order valence-corrected chi connectivity index (χ2v) is 6.63. The summed E-state index contributed by atoms with van der Waals surface area (Å²) in [5.41, 5.74) is 4.63. The van der Waals surface area contributed by atoms with Gasteiger partial charge in [0.25, 0.3) is 0 Å². The summed E-state index contributed by atoms with van der Waals surface area (Å²) in [5, 5.41) is 3.49. The van der Waals surface area contributed by atoms with Crippen LogP contribution >= 0.6 is 0 Å². The van der Waals surface area contributed by atoms with E-state index in [9.17, 15) is 0 Å². The van der Waals surface area contributed by atoms with Gasteiger partial charge in [-0.05, 0) is 56.5 Å². The zero-order chi connectivity index (χ0) is 13.5. The summed E-state index contributed by atoms with van der Waals surface area (Å²) in [6.07, 6.45) is 5.31. The molecule has 0 radical (unpaired) electrons. The zero-order valence-electron chi connectivity index (χ0n) is 12.4. The molecule has 0 spiro atoms. The minimum absolute atomic E-state index is 0.764. The number of rotatable bonds is 1. The average Bonchev–Trinajstić information content (AvgIpc) is 2.72. The van der Waals surface area contributed by atoms with Gasteiger partial charge in [-0.1, -0.05) is 12.1 Å². The van der Waals surface area contributed by atoms with Gasteiger partial charge in [-0.3, -0.25) is 4.90 Å². The molecule has 108 valence electrons. The molecule has 1 aromatic rings. The van der Waals surface area contributed by atoms with E-state index in [0.29, 0.717) is 0 Å². The molecule has 3 heterocycles. The molecule has 20 heavy (non-hydrogen) atoms. The van der Waals surface area contributed by atoms with Crippen molar-refractivity contribution in [1.29, 1.82) is 0 Å². The Bertz CT molecular complexity index is 499. The van der Waals surface area contributed by atoms with Crippen LogP contribution in [-0.2, 0) is 13.0 Å². The van der Waals surface area contributed by atoms with Gasteiger partial charge in [-0.2, -0.15) is 0 Å². The molecule has 2 fully saturated rings. The predicted octanol–water partition coefficient (Wildman–Crippen LogP) is 2.01. The molecule has 0 amide bonds. The first-order valence-electron chi connectivity index (χ1n) is 8.11. The highest BCUT2D eigenvalue weighted by molar-refractivity contribution is 5.58. The third-order valence-corrected chi connectivity index (χ3v) is 5.60. The van der Waals surface area contributed by atoms with Crippen molar-refractivity contribution in [3.63, 3.8) is 0 Å². The van der Waals surface area contributed by atoms with E-state index < -0.39 is 0 Å². The Morgan fingerprint density at radius 2 is 2.05 bits per heavy atom. The SMILES string of the molecule is CN1C2CCC1CN(c1cccc3c1CCNC3)CC2. The molecule has 3 aliphatic rings. The van der Waals surface area contributed by atoms with E-state index in [1.54, 1.807) is 5.56 Å². The number of anilines is 1. The summed E-state index contributed by atoms with van der Waals surface area (Å²) in [5.74, 6) is 0. The van der Waals surface area contributed by atoms with Gasteiger partial charge in [0.2, 0.25) is 0 Å². The average molecular weight is 271 g/mol. The van der Waals surface area contributed by atoms with Crippen LogP contribution in [0.2, 0.25) is 0 Å². The van der Waals surface area contributed by atoms with Gasteiger partial charge in [-0.15, -0.1) is 0 Å². The van der Waals surface area contributed by atoms with Crippen LogP contribution in [0.25, 0.3) is 0 Å². The third kappa shape index (κ3) is 2.04. The van der Waals surface area contributed by atoms with E-state index in [4.69, 9.17) is 0 Å². The molecule has 2 atom stereocenters. The van der Waals surface area contributed by atoms with Gasteiger partial charge in [-0.25, -0.2) is 0 Å². The Balaban J connectivity index is 1.64. The smallest absolute Gasteiger partial charge is 0.0403 e. The Hall–Kier alpha value is -1.06. The maximum absolute atomic E-state index is 3.49. The minimum atomic E-state index is 0.764. The second kappa shape index (κ2) is 5.05. The van der Waals surface area contributed by atoms with E-state index >= 15 is 0 Å². The van der Waals surface area contributed by atoms with E-state index in [-0.39, 0.29) is 0 Å². The number of benzene rings is 1. The molecule has 4 rings (SSSR count). The first kappa shape index (κ1) is 12.7. The van der Waals surface area contributed by atoms with Crippen LogP contribution in [0.4, 0.5) is 5.69 Å². The van der Waals surface area contributed by atoms with Crippen LogP contribution < -0.4 is 10.2 Å². The highest BCUT2D eigenvalue weighted by Gasteiger charge is 2.35. The Labute approximate surface area is 121 Å².